The third-order valence-electron chi connectivity index (χ3n) is 4.44. The zero-order valence-corrected chi connectivity index (χ0v) is 16.1. The Balaban J connectivity index is 1.69. The van der Waals surface area contributed by atoms with Gasteiger partial charge in [-0.05, 0) is 35.8 Å². The highest BCUT2D eigenvalue weighted by atomic mass is 16.5. The van der Waals surface area contributed by atoms with Crippen molar-refractivity contribution in [2.24, 2.45) is 5.92 Å². The summed E-state index contributed by atoms with van der Waals surface area (Å²) in [5, 5.41) is 4.02. The second-order valence-electron chi connectivity index (χ2n) is 7.20. The lowest BCUT2D eigenvalue weighted by molar-refractivity contribution is 0.411. The second-order valence-corrected chi connectivity index (χ2v) is 7.20. The van der Waals surface area contributed by atoms with Gasteiger partial charge in [0.2, 0.25) is 5.82 Å². The van der Waals surface area contributed by atoms with E-state index < -0.39 is 11.1 Å². The lowest BCUT2D eigenvalue weighted by atomic mass is 10.1. The molecule has 2 heterocycles. The summed E-state index contributed by atoms with van der Waals surface area (Å²) in [6, 6.07) is 15.2. The lowest BCUT2D eigenvalue weighted by Gasteiger charge is -2.12. The molecule has 2 aromatic carbocycles. The molecule has 1 N–H and O–H groups in total. The Kier molecular flexibility index (Phi) is 4.95. The van der Waals surface area contributed by atoms with Crippen LogP contribution in [-0.4, -0.2) is 19.7 Å². The number of aromatic nitrogens is 4. The van der Waals surface area contributed by atoms with Crippen molar-refractivity contribution in [2.45, 2.75) is 20.4 Å². The highest BCUT2D eigenvalue weighted by Crippen LogP contribution is 2.21. The van der Waals surface area contributed by atoms with Crippen molar-refractivity contribution < 1.29 is 4.52 Å². The van der Waals surface area contributed by atoms with Crippen LogP contribution in [0, 0.1) is 5.92 Å². The van der Waals surface area contributed by atoms with Gasteiger partial charge in [0, 0.05) is 18.2 Å². The Morgan fingerprint density at radius 1 is 1.10 bits per heavy atom. The molecule has 0 saturated heterocycles. The SMILES string of the molecule is CC(C)Cn1c(=O)c(=O)[nH]c2cc(-c3noc(/C=C/c4ccccc4)n3)ccc21. The highest BCUT2D eigenvalue weighted by Gasteiger charge is 2.12. The van der Waals surface area contributed by atoms with Crippen molar-refractivity contribution >= 4 is 23.2 Å². The van der Waals surface area contributed by atoms with Crippen LogP contribution in [0.25, 0.3) is 34.6 Å². The summed E-state index contributed by atoms with van der Waals surface area (Å²) in [5.74, 6) is 1.01. The van der Waals surface area contributed by atoms with Gasteiger partial charge in [-0.2, -0.15) is 4.98 Å². The first-order chi connectivity index (χ1) is 14.0. The fraction of sp³-hybridized carbons (Fsp3) is 0.182. The fourth-order valence-corrected chi connectivity index (χ4v) is 3.12. The number of nitrogens with zero attached hydrogens (tertiary/aromatic N) is 3. The predicted octanol–water partition coefficient (Wildman–Crippen LogP) is 3.57. The molecule has 0 bridgehead atoms. The average Bonchev–Trinajstić information content (AvgIpc) is 3.19. The molecule has 29 heavy (non-hydrogen) atoms. The number of benzene rings is 2. The van der Waals surface area contributed by atoms with Gasteiger partial charge in [0.15, 0.2) is 0 Å². The van der Waals surface area contributed by atoms with E-state index in [4.69, 9.17) is 4.52 Å². The number of aromatic amines is 1. The molecule has 4 aromatic rings. The topological polar surface area (TPSA) is 93.8 Å². The lowest BCUT2D eigenvalue weighted by Crippen LogP contribution is -2.37. The number of hydrogen-bond donors (Lipinski definition) is 1. The second kappa shape index (κ2) is 7.71. The van der Waals surface area contributed by atoms with E-state index in [-0.39, 0.29) is 5.92 Å². The van der Waals surface area contributed by atoms with Gasteiger partial charge >= 0.3 is 11.1 Å². The van der Waals surface area contributed by atoms with Crippen LogP contribution in [0.3, 0.4) is 0 Å². The molecule has 0 radical (unpaired) electrons. The Labute approximate surface area is 166 Å². The first-order valence-electron chi connectivity index (χ1n) is 9.35. The molecule has 0 atom stereocenters. The fourth-order valence-electron chi connectivity index (χ4n) is 3.12. The molecule has 0 aliphatic rings. The number of fused-ring (bicyclic) bond motifs is 1. The smallest absolute Gasteiger partial charge is 0.316 e. The third kappa shape index (κ3) is 3.94. The Hall–Kier alpha value is -3.74. The van der Waals surface area contributed by atoms with Gasteiger partial charge in [0.25, 0.3) is 5.89 Å². The third-order valence-corrected chi connectivity index (χ3v) is 4.44. The van der Waals surface area contributed by atoms with E-state index in [0.717, 1.165) is 5.56 Å². The Morgan fingerprint density at radius 3 is 2.66 bits per heavy atom. The number of hydrogen-bond acceptors (Lipinski definition) is 5. The van der Waals surface area contributed by atoms with Crippen molar-refractivity contribution in [3.05, 3.63) is 80.7 Å². The van der Waals surface area contributed by atoms with Crippen LogP contribution in [0.5, 0.6) is 0 Å². The first kappa shape index (κ1) is 18.6. The number of H-pyrrole nitrogens is 1. The summed E-state index contributed by atoms with van der Waals surface area (Å²) < 4.78 is 6.80. The average molecular weight is 388 g/mol. The van der Waals surface area contributed by atoms with Crippen LogP contribution in [0.1, 0.15) is 25.3 Å². The summed E-state index contributed by atoms with van der Waals surface area (Å²) >= 11 is 0. The van der Waals surface area contributed by atoms with Crippen LogP contribution >= 0.6 is 0 Å². The van der Waals surface area contributed by atoms with Gasteiger partial charge in [0.05, 0.1) is 11.0 Å². The molecule has 4 rings (SSSR count). The largest absolute Gasteiger partial charge is 0.334 e. The van der Waals surface area contributed by atoms with Crippen LogP contribution in [0.15, 0.2) is 62.6 Å². The molecule has 7 nitrogen and oxygen atoms in total. The number of nitrogens with one attached hydrogen (secondary N) is 1. The molecule has 146 valence electrons. The van der Waals surface area contributed by atoms with Crippen molar-refractivity contribution in [3.8, 4) is 11.4 Å². The molecule has 0 aliphatic heterocycles. The Bertz CT molecular complexity index is 1300. The van der Waals surface area contributed by atoms with E-state index >= 15 is 0 Å². The minimum absolute atomic E-state index is 0.230. The molecule has 0 unspecified atom stereocenters. The van der Waals surface area contributed by atoms with Crippen molar-refractivity contribution in [1.29, 1.82) is 0 Å². The van der Waals surface area contributed by atoms with Crippen LogP contribution in [-0.2, 0) is 6.54 Å². The summed E-state index contributed by atoms with van der Waals surface area (Å²) in [7, 11) is 0. The number of rotatable bonds is 5. The maximum atomic E-state index is 12.2. The molecule has 2 aromatic heterocycles. The van der Waals surface area contributed by atoms with Gasteiger partial charge in [-0.25, -0.2) is 0 Å². The maximum absolute atomic E-state index is 12.2. The molecular formula is C22H20N4O3. The van der Waals surface area contributed by atoms with Crippen LogP contribution < -0.4 is 11.1 Å². The van der Waals surface area contributed by atoms with Crippen LogP contribution in [0.2, 0.25) is 0 Å². The molecule has 0 amide bonds. The molecular weight excluding hydrogens is 368 g/mol. The van der Waals surface area contributed by atoms with Gasteiger partial charge in [-0.1, -0.05) is 49.3 Å². The first-order valence-corrected chi connectivity index (χ1v) is 9.35. The maximum Gasteiger partial charge on any atom is 0.316 e. The summed E-state index contributed by atoms with van der Waals surface area (Å²) in [4.78, 5) is 31.3. The minimum atomic E-state index is -0.644. The standard InChI is InChI=1S/C22H20N4O3/c1-14(2)13-26-18-10-9-16(12-17(18)23-21(27)22(26)28)20-24-19(29-25-20)11-8-15-6-4-3-5-7-15/h3-12,14H,13H2,1-2H3,(H,23,27)/b11-8+. The van der Waals surface area contributed by atoms with E-state index in [1.54, 1.807) is 18.2 Å². The normalized spacial score (nSPS) is 11.7. The predicted molar refractivity (Wildman–Crippen MR) is 112 cm³/mol. The van der Waals surface area contributed by atoms with Gasteiger partial charge in [-0.3, -0.25) is 9.59 Å². The molecule has 0 aliphatic carbocycles. The molecule has 0 spiro atoms. The van der Waals surface area contributed by atoms with Crippen molar-refractivity contribution in [2.75, 3.05) is 0 Å². The van der Waals surface area contributed by atoms with Gasteiger partial charge < -0.3 is 14.1 Å². The van der Waals surface area contributed by atoms with E-state index in [2.05, 4.69) is 15.1 Å². The van der Waals surface area contributed by atoms with Gasteiger partial charge in [0.1, 0.15) is 0 Å². The van der Waals surface area contributed by atoms with Crippen molar-refractivity contribution in [3.63, 3.8) is 0 Å². The van der Waals surface area contributed by atoms with E-state index in [9.17, 15) is 9.59 Å². The summed E-state index contributed by atoms with van der Waals surface area (Å²) in [5.41, 5.74) is 1.74. The van der Waals surface area contributed by atoms with Gasteiger partial charge in [-0.15, -0.1) is 0 Å². The van der Waals surface area contributed by atoms with E-state index in [0.29, 0.717) is 34.9 Å². The summed E-state index contributed by atoms with van der Waals surface area (Å²) in [6.07, 6.45) is 3.63. The quantitative estimate of drug-likeness (QED) is 0.528. The molecule has 7 heteroatoms. The zero-order valence-electron chi connectivity index (χ0n) is 16.1. The monoisotopic (exact) mass is 388 g/mol. The summed E-state index contributed by atoms with van der Waals surface area (Å²) in [6.45, 7) is 4.46. The van der Waals surface area contributed by atoms with Crippen LogP contribution in [0.4, 0.5) is 0 Å². The minimum Gasteiger partial charge on any atom is -0.334 e. The van der Waals surface area contributed by atoms with E-state index in [1.165, 1.54) is 4.57 Å². The Morgan fingerprint density at radius 2 is 1.90 bits per heavy atom. The van der Waals surface area contributed by atoms with Crippen molar-refractivity contribution in [1.82, 2.24) is 19.7 Å². The molecule has 0 saturated carbocycles. The molecule has 0 fully saturated rings. The van der Waals surface area contributed by atoms with E-state index in [1.807, 2.05) is 56.3 Å². The zero-order chi connectivity index (χ0) is 20.4. The highest BCUT2D eigenvalue weighted by molar-refractivity contribution is 5.80.